The maximum absolute atomic E-state index is 13.7. The second-order valence-electron chi connectivity index (χ2n) is 11.0. The first-order valence-corrected chi connectivity index (χ1v) is 13.1. The number of aliphatic hydroxyl groups excluding tert-OH is 1. The number of ether oxygens (including phenoxy) is 1. The Balaban J connectivity index is 1.50. The molecule has 0 saturated heterocycles. The Morgan fingerprint density at radius 2 is 1.98 bits per heavy atom. The fourth-order valence-corrected chi connectivity index (χ4v) is 5.64. The molecule has 11 nitrogen and oxygen atoms in total. The lowest BCUT2D eigenvalue weighted by Gasteiger charge is -2.31. The van der Waals surface area contributed by atoms with E-state index >= 15 is 0 Å². The van der Waals surface area contributed by atoms with Gasteiger partial charge in [0.1, 0.15) is 23.0 Å². The van der Waals surface area contributed by atoms with Crippen molar-refractivity contribution in [3.05, 3.63) is 87.3 Å². The molecule has 0 spiro atoms. The first kappa shape index (κ1) is 27.1. The van der Waals surface area contributed by atoms with Crippen LogP contribution in [0, 0.1) is 5.41 Å². The topological polar surface area (TPSA) is 154 Å². The first-order chi connectivity index (χ1) is 19.0. The second kappa shape index (κ2) is 10.2. The van der Waals surface area contributed by atoms with Crippen molar-refractivity contribution in [3.8, 4) is 11.1 Å². The minimum absolute atomic E-state index is 0.137. The van der Waals surface area contributed by atoms with Gasteiger partial charge in [-0.3, -0.25) is 14.5 Å². The zero-order valence-corrected chi connectivity index (χ0v) is 23.2. The molecule has 0 bridgehead atoms. The summed E-state index contributed by atoms with van der Waals surface area (Å²) in [7, 11) is 3.06. The van der Waals surface area contributed by atoms with Crippen LogP contribution in [0.3, 0.4) is 0 Å². The summed E-state index contributed by atoms with van der Waals surface area (Å²) in [5.41, 5.74) is 16.7. The number of aromatic nitrogens is 3. The van der Waals surface area contributed by atoms with E-state index in [1.54, 1.807) is 36.5 Å². The summed E-state index contributed by atoms with van der Waals surface area (Å²) in [4.78, 5) is 32.7. The number of methoxy groups -OCH3 is 1. The average molecular weight is 546 g/mol. The third kappa shape index (κ3) is 4.84. The van der Waals surface area contributed by atoms with Crippen LogP contribution in [0.4, 0.5) is 11.5 Å². The maximum atomic E-state index is 13.7. The Morgan fingerprint density at radius 1 is 1.20 bits per heavy atom. The number of rotatable bonds is 7. The van der Waals surface area contributed by atoms with E-state index in [2.05, 4.69) is 28.7 Å². The number of nitrogens with one attached hydrogen (secondary N) is 1. The van der Waals surface area contributed by atoms with E-state index in [0.29, 0.717) is 41.3 Å². The van der Waals surface area contributed by atoms with Crippen LogP contribution in [-0.2, 0) is 37.8 Å². The van der Waals surface area contributed by atoms with Gasteiger partial charge in [0.15, 0.2) is 5.88 Å². The van der Waals surface area contributed by atoms with Gasteiger partial charge in [0.05, 0.1) is 13.7 Å². The van der Waals surface area contributed by atoms with Crippen molar-refractivity contribution in [1.29, 1.82) is 0 Å². The Kier molecular flexibility index (Phi) is 6.92. The third-order valence-electron chi connectivity index (χ3n) is 7.51. The van der Waals surface area contributed by atoms with Gasteiger partial charge in [0.2, 0.25) is 0 Å². The second-order valence-corrected chi connectivity index (χ2v) is 11.0. The summed E-state index contributed by atoms with van der Waals surface area (Å²) in [6, 6.07) is 5.42. The van der Waals surface area contributed by atoms with Gasteiger partial charge in [-0.1, -0.05) is 13.8 Å². The van der Waals surface area contributed by atoms with E-state index in [4.69, 9.17) is 16.2 Å². The van der Waals surface area contributed by atoms with Crippen molar-refractivity contribution >= 4 is 17.4 Å². The van der Waals surface area contributed by atoms with Crippen molar-refractivity contribution in [2.45, 2.75) is 39.8 Å². The SMILES string of the molecule is CO/C(N)=C/C=C(\N)Nc1cc(-c2ccnc(N3CCn4c(cc5c4CC(C)(C)C5)C3=O)c2CO)cn(C)c1=O. The van der Waals surface area contributed by atoms with Gasteiger partial charge in [0, 0.05) is 55.4 Å². The number of fused-ring (bicyclic) bond motifs is 3. The quantitative estimate of drug-likeness (QED) is 0.260. The molecule has 0 saturated carbocycles. The van der Waals surface area contributed by atoms with Gasteiger partial charge in [-0.25, -0.2) is 4.98 Å². The lowest BCUT2D eigenvalue weighted by molar-refractivity contribution is 0.0962. The summed E-state index contributed by atoms with van der Waals surface area (Å²) in [5, 5.41) is 13.4. The number of anilines is 2. The Hall–Kier alpha value is -4.51. The van der Waals surface area contributed by atoms with E-state index in [0.717, 1.165) is 12.8 Å². The molecule has 210 valence electrons. The molecule has 0 radical (unpaired) electrons. The minimum Gasteiger partial charge on any atom is -0.483 e. The summed E-state index contributed by atoms with van der Waals surface area (Å²) >= 11 is 0. The monoisotopic (exact) mass is 545 g/mol. The third-order valence-corrected chi connectivity index (χ3v) is 7.51. The number of hydrogen-bond donors (Lipinski definition) is 4. The van der Waals surface area contributed by atoms with E-state index in [1.807, 2.05) is 6.07 Å². The zero-order chi connectivity index (χ0) is 28.8. The molecule has 1 amide bonds. The van der Waals surface area contributed by atoms with Crippen LogP contribution >= 0.6 is 0 Å². The highest BCUT2D eigenvalue weighted by atomic mass is 16.5. The number of carbonyl (C=O) groups excluding carboxylic acids is 1. The largest absolute Gasteiger partial charge is 0.483 e. The molecular formula is C29H35N7O4. The number of nitrogens with zero attached hydrogens (tertiary/aromatic N) is 4. The minimum atomic E-state index is -0.345. The van der Waals surface area contributed by atoms with Crippen LogP contribution in [0.5, 0.6) is 0 Å². The molecule has 2 aliphatic rings. The number of carbonyl (C=O) groups is 1. The lowest BCUT2D eigenvalue weighted by Crippen LogP contribution is -2.41. The highest BCUT2D eigenvalue weighted by molar-refractivity contribution is 6.06. The predicted molar refractivity (Wildman–Crippen MR) is 153 cm³/mol. The Morgan fingerprint density at radius 3 is 2.70 bits per heavy atom. The molecule has 11 heteroatoms. The molecule has 3 aromatic rings. The van der Waals surface area contributed by atoms with Crippen LogP contribution in [0.15, 0.2) is 59.2 Å². The number of allylic oxidation sites excluding steroid dienone is 2. The molecule has 40 heavy (non-hydrogen) atoms. The van der Waals surface area contributed by atoms with Crippen LogP contribution in [-0.4, -0.2) is 38.8 Å². The maximum Gasteiger partial charge on any atom is 0.276 e. The molecule has 4 heterocycles. The standard InChI is InChI=1S/C29H35N7O4/c1-29(2)13-17-12-22-28(39)36(10-9-35(22)23(17)14-29)26-20(16-37)19(7-8-32-26)18-11-21(27(38)34(3)15-18)33-24(30)5-6-25(31)40-4/h5-8,11-12,15,33,37H,9-10,13-14,16,30-31H2,1-4H3/b24-5+,25-6+. The van der Waals surface area contributed by atoms with Crippen molar-refractivity contribution in [1.82, 2.24) is 14.1 Å². The number of nitrogens with two attached hydrogens (primary N) is 2. The fourth-order valence-electron chi connectivity index (χ4n) is 5.64. The van der Waals surface area contributed by atoms with E-state index in [1.165, 1.54) is 35.1 Å². The van der Waals surface area contributed by atoms with E-state index in [-0.39, 0.29) is 40.9 Å². The normalized spacial score (nSPS) is 16.6. The van der Waals surface area contributed by atoms with Gasteiger partial charge in [0.25, 0.3) is 11.5 Å². The predicted octanol–water partition coefficient (Wildman–Crippen LogP) is 2.18. The average Bonchev–Trinajstić information content (AvgIpc) is 3.41. The molecule has 0 atom stereocenters. The van der Waals surface area contributed by atoms with Crippen molar-refractivity contribution < 1.29 is 14.6 Å². The Labute approximate surface area is 232 Å². The number of hydrogen-bond acceptors (Lipinski definition) is 8. The number of amides is 1. The number of aryl methyl sites for hydroxylation is 1. The van der Waals surface area contributed by atoms with Crippen molar-refractivity contribution in [3.63, 3.8) is 0 Å². The molecule has 3 aromatic heterocycles. The van der Waals surface area contributed by atoms with Gasteiger partial charge < -0.3 is 35.8 Å². The Bertz CT molecular complexity index is 1610. The van der Waals surface area contributed by atoms with Crippen LogP contribution in [0.1, 0.15) is 41.2 Å². The van der Waals surface area contributed by atoms with Crippen LogP contribution in [0.2, 0.25) is 0 Å². The van der Waals surface area contributed by atoms with Crippen LogP contribution in [0.25, 0.3) is 11.1 Å². The highest BCUT2D eigenvalue weighted by Gasteiger charge is 2.37. The molecule has 0 aromatic carbocycles. The van der Waals surface area contributed by atoms with Gasteiger partial charge in [-0.15, -0.1) is 0 Å². The van der Waals surface area contributed by atoms with E-state index < -0.39 is 0 Å². The summed E-state index contributed by atoms with van der Waals surface area (Å²) < 4.78 is 8.46. The number of pyridine rings is 2. The van der Waals surface area contributed by atoms with Crippen molar-refractivity contribution in [2.75, 3.05) is 23.9 Å². The van der Waals surface area contributed by atoms with Gasteiger partial charge >= 0.3 is 0 Å². The smallest absolute Gasteiger partial charge is 0.276 e. The molecular weight excluding hydrogens is 510 g/mol. The van der Waals surface area contributed by atoms with Gasteiger partial charge in [-0.05, 0) is 53.7 Å². The molecule has 5 rings (SSSR count). The van der Waals surface area contributed by atoms with Gasteiger partial charge in [-0.2, -0.15) is 0 Å². The summed E-state index contributed by atoms with van der Waals surface area (Å²) in [6.07, 6.45) is 8.14. The molecule has 6 N–H and O–H groups in total. The van der Waals surface area contributed by atoms with Crippen LogP contribution < -0.4 is 27.2 Å². The van der Waals surface area contributed by atoms with Crippen molar-refractivity contribution in [2.24, 2.45) is 23.9 Å². The fraction of sp³-hybridized carbons (Fsp3) is 0.345. The number of aliphatic hydroxyl groups is 1. The summed E-state index contributed by atoms with van der Waals surface area (Å²) in [6.45, 7) is 5.25. The molecule has 0 unspecified atom stereocenters. The summed E-state index contributed by atoms with van der Waals surface area (Å²) in [5.74, 6) is 0.614. The zero-order valence-electron chi connectivity index (χ0n) is 23.2. The molecule has 0 fully saturated rings. The van der Waals surface area contributed by atoms with E-state index in [9.17, 15) is 14.7 Å². The highest BCUT2D eigenvalue weighted by Crippen LogP contribution is 2.40. The first-order valence-electron chi connectivity index (χ1n) is 13.1. The molecule has 1 aliphatic heterocycles. The molecule has 1 aliphatic carbocycles. The lowest BCUT2D eigenvalue weighted by atomic mass is 9.90.